The van der Waals surface area contributed by atoms with Gasteiger partial charge >= 0.3 is 0 Å². The van der Waals surface area contributed by atoms with Crippen LogP contribution in [0.4, 0.5) is 0 Å². The van der Waals surface area contributed by atoms with E-state index < -0.39 is 0 Å². The molecule has 2 aromatic heterocycles. The Balaban J connectivity index is 2.33. The van der Waals surface area contributed by atoms with E-state index in [1.54, 1.807) is 6.20 Å². The highest BCUT2D eigenvalue weighted by molar-refractivity contribution is 5.19. The maximum atomic E-state index is 4.43. The van der Waals surface area contributed by atoms with E-state index in [4.69, 9.17) is 0 Å². The SMILES string of the molecule is CCn1cnc(C(NC)c2ccnc(C)n2)c1. The van der Waals surface area contributed by atoms with Crippen molar-refractivity contribution in [2.45, 2.75) is 26.4 Å². The van der Waals surface area contributed by atoms with E-state index in [0.717, 1.165) is 23.8 Å². The van der Waals surface area contributed by atoms with Crippen molar-refractivity contribution < 1.29 is 0 Å². The molecule has 17 heavy (non-hydrogen) atoms. The van der Waals surface area contributed by atoms with Crippen LogP contribution >= 0.6 is 0 Å². The average Bonchev–Trinajstić information content (AvgIpc) is 2.79. The van der Waals surface area contributed by atoms with Crippen molar-refractivity contribution in [1.82, 2.24) is 24.8 Å². The summed E-state index contributed by atoms with van der Waals surface area (Å²) in [6, 6.07) is 1.93. The van der Waals surface area contributed by atoms with Crippen LogP contribution in [0.5, 0.6) is 0 Å². The number of hydrogen-bond donors (Lipinski definition) is 1. The first-order chi connectivity index (χ1) is 8.24. The minimum Gasteiger partial charge on any atom is -0.337 e. The van der Waals surface area contributed by atoms with Gasteiger partial charge < -0.3 is 9.88 Å². The summed E-state index contributed by atoms with van der Waals surface area (Å²) in [7, 11) is 1.91. The van der Waals surface area contributed by atoms with Crippen LogP contribution in [0.1, 0.15) is 30.2 Å². The lowest BCUT2D eigenvalue weighted by molar-refractivity contribution is 0.647. The van der Waals surface area contributed by atoms with Gasteiger partial charge in [-0.05, 0) is 27.0 Å². The third-order valence-corrected chi connectivity index (χ3v) is 2.70. The molecule has 2 heterocycles. The summed E-state index contributed by atoms with van der Waals surface area (Å²) in [6.45, 7) is 4.90. The van der Waals surface area contributed by atoms with Gasteiger partial charge in [0.2, 0.25) is 0 Å². The molecule has 5 heteroatoms. The van der Waals surface area contributed by atoms with E-state index in [0.29, 0.717) is 0 Å². The summed E-state index contributed by atoms with van der Waals surface area (Å²) >= 11 is 0. The van der Waals surface area contributed by atoms with Gasteiger partial charge in [-0.15, -0.1) is 0 Å². The summed E-state index contributed by atoms with van der Waals surface area (Å²) in [6.07, 6.45) is 5.66. The molecule has 1 atom stereocenters. The van der Waals surface area contributed by atoms with Crippen molar-refractivity contribution in [3.8, 4) is 0 Å². The van der Waals surface area contributed by atoms with Gasteiger partial charge in [-0.25, -0.2) is 15.0 Å². The van der Waals surface area contributed by atoms with E-state index in [-0.39, 0.29) is 6.04 Å². The van der Waals surface area contributed by atoms with Crippen LogP contribution in [0.25, 0.3) is 0 Å². The fourth-order valence-corrected chi connectivity index (χ4v) is 1.78. The highest BCUT2D eigenvalue weighted by Gasteiger charge is 2.16. The molecule has 5 nitrogen and oxygen atoms in total. The maximum absolute atomic E-state index is 4.43. The molecule has 2 rings (SSSR count). The molecular weight excluding hydrogens is 214 g/mol. The van der Waals surface area contributed by atoms with Gasteiger partial charge in [-0.3, -0.25) is 0 Å². The molecule has 90 valence electrons. The highest BCUT2D eigenvalue weighted by atomic mass is 15.1. The number of nitrogens with one attached hydrogen (secondary N) is 1. The van der Waals surface area contributed by atoms with Crippen molar-refractivity contribution in [3.05, 3.63) is 42.0 Å². The van der Waals surface area contributed by atoms with Crippen molar-refractivity contribution in [2.24, 2.45) is 0 Å². The Morgan fingerprint density at radius 2 is 2.18 bits per heavy atom. The highest BCUT2D eigenvalue weighted by Crippen LogP contribution is 2.17. The van der Waals surface area contributed by atoms with Crippen LogP contribution in [0.3, 0.4) is 0 Å². The first-order valence-electron chi connectivity index (χ1n) is 5.73. The molecule has 0 amide bonds. The van der Waals surface area contributed by atoms with E-state index in [1.165, 1.54) is 0 Å². The van der Waals surface area contributed by atoms with Crippen LogP contribution in [0.2, 0.25) is 0 Å². The van der Waals surface area contributed by atoms with Gasteiger partial charge in [0.05, 0.1) is 23.8 Å². The lowest BCUT2D eigenvalue weighted by Crippen LogP contribution is -2.19. The van der Waals surface area contributed by atoms with Crippen molar-refractivity contribution in [3.63, 3.8) is 0 Å². The lowest BCUT2D eigenvalue weighted by Gasteiger charge is -2.13. The summed E-state index contributed by atoms with van der Waals surface area (Å²) in [5.41, 5.74) is 1.92. The standard InChI is InChI=1S/C12H17N5/c1-4-17-7-11(15-8-17)12(13-3)10-5-6-14-9(2)16-10/h5-8,12-13H,4H2,1-3H3. The predicted octanol–water partition coefficient (Wildman–Crippen LogP) is 1.31. The molecule has 1 N–H and O–H groups in total. The summed E-state index contributed by atoms with van der Waals surface area (Å²) in [5, 5.41) is 3.23. The number of aryl methyl sites for hydroxylation is 2. The van der Waals surface area contributed by atoms with Crippen LogP contribution in [-0.2, 0) is 6.54 Å². The fourth-order valence-electron chi connectivity index (χ4n) is 1.78. The third kappa shape index (κ3) is 2.50. The predicted molar refractivity (Wildman–Crippen MR) is 65.6 cm³/mol. The Kier molecular flexibility index (Phi) is 3.49. The second kappa shape index (κ2) is 5.05. The van der Waals surface area contributed by atoms with Crippen molar-refractivity contribution in [1.29, 1.82) is 0 Å². The summed E-state index contributed by atoms with van der Waals surface area (Å²) in [5.74, 6) is 0.776. The minimum atomic E-state index is 0.0181. The Labute approximate surface area is 101 Å². The van der Waals surface area contributed by atoms with Gasteiger partial charge in [0.15, 0.2) is 0 Å². The van der Waals surface area contributed by atoms with Gasteiger partial charge in [-0.1, -0.05) is 0 Å². The molecule has 1 unspecified atom stereocenters. The number of aromatic nitrogens is 4. The van der Waals surface area contributed by atoms with E-state index in [2.05, 4.69) is 27.2 Å². The van der Waals surface area contributed by atoms with E-state index >= 15 is 0 Å². The topological polar surface area (TPSA) is 55.6 Å². The molecule has 0 aromatic carbocycles. The molecule has 0 aliphatic rings. The molecular formula is C12H17N5. The minimum absolute atomic E-state index is 0.0181. The zero-order chi connectivity index (χ0) is 12.3. The molecule has 0 saturated heterocycles. The fraction of sp³-hybridized carbons (Fsp3) is 0.417. The van der Waals surface area contributed by atoms with Crippen molar-refractivity contribution in [2.75, 3.05) is 7.05 Å². The Morgan fingerprint density at radius 1 is 1.35 bits per heavy atom. The molecule has 2 aromatic rings. The van der Waals surface area contributed by atoms with Crippen LogP contribution in [0, 0.1) is 6.92 Å². The molecule has 0 aliphatic heterocycles. The first-order valence-corrected chi connectivity index (χ1v) is 5.73. The molecule has 0 radical (unpaired) electrons. The Bertz CT molecular complexity index is 491. The zero-order valence-electron chi connectivity index (χ0n) is 10.4. The van der Waals surface area contributed by atoms with E-state index in [9.17, 15) is 0 Å². The second-order valence-electron chi connectivity index (χ2n) is 3.88. The van der Waals surface area contributed by atoms with E-state index in [1.807, 2.05) is 37.1 Å². The molecule has 0 bridgehead atoms. The van der Waals surface area contributed by atoms with Gasteiger partial charge in [0, 0.05) is 18.9 Å². The first kappa shape index (κ1) is 11.7. The largest absolute Gasteiger partial charge is 0.337 e. The van der Waals surface area contributed by atoms with Gasteiger partial charge in [0.1, 0.15) is 5.82 Å². The molecule has 0 aliphatic carbocycles. The second-order valence-corrected chi connectivity index (χ2v) is 3.88. The number of rotatable bonds is 4. The molecule has 0 spiro atoms. The van der Waals surface area contributed by atoms with Crippen molar-refractivity contribution >= 4 is 0 Å². The molecule has 0 fully saturated rings. The summed E-state index contributed by atoms with van der Waals surface area (Å²) < 4.78 is 2.05. The number of hydrogen-bond acceptors (Lipinski definition) is 4. The maximum Gasteiger partial charge on any atom is 0.125 e. The Hall–Kier alpha value is -1.75. The normalized spacial score (nSPS) is 12.6. The Morgan fingerprint density at radius 3 is 2.76 bits per heavy atom. The summed E-state index contributed by atoms with van der Waals surface area (Å²) in [4.78, 5) is 12.9. The number of imidazole rings is 1. The van der Waals surface area contributed by atoms with Gasteiger partial charge in [-0.2, -0.15) is 0 Å². The van der Waals surface area contributed by atoms with Gasteiger partial charge in [0.25, 0.3) is 0 Å². The quantitative estimate of drug-likeness (QED) is 0.862. The lowest BCUT2D eigenvalue weighted by atomic mass is 10.1. The van der Waals surface area contributed by atoms with Crippen LogP contribution in [-0.4, -0.2) is 26.6 Å². The number of nitrogens with zero attached hydrogens (tertiary/aromatic N) is 4. The average molecular weight is 231 g/mol. The smallest absolute Gasteiger partial charge is 0.125 e. The zero-order valence-corrected chi connectivity index (χ0v) is 10.4. The van der Waals surface area contributed by atoms with Crippen LogP contribution in [0.15, 0.2) is 24.8 Å². The van der Waals surface area contributed by atoms with Crippen LogP contribution < -0.4 is 5.32 Å². The molecule has 0 saturated carbocycles. The monoisotopic (exact) mass is 231 g/mol. The third-order valence-electron chi connectivity index (χ3n) is 2.70.